The van der Waals surface area contributed by atoms with Crippen molar-refractivity contribution in [1.82, 2.24) is 0 Å². The van der Waals surface area contributed by atoms with Gasteiger partial charge in [0, 0.05) is 5.38 Å². The molecule has 0 saturated heterocycles. The zero-order valence-electron chi connectivity index (χ0n) is 10.4. The first kappa shape index (κ1) is 12.7. The molecule has 3 unspecified atom stereocenters. The second-order valence-corrected chi connectivity index (χ2v) is 6.72. The number of halogens is 1. The minimum absolute atomic E-state index is 0.129. The molecule has 0 heterocycles. The molecule has 1 nitrogen and oxygen atoms in total. The van der Waals surface area contributed by atoms with Crippen LogP contribution in [0.25, 0.3) is 0 Å². The van der Waals surface area contributed by atoms with Crippen LogP contribution in [0.4, 0.5) is 0 Å². The predicted octanol–water partition coefficient (Wildman–Crippen LogP) is 3.97. The van der Waals surface area contributed by atoms with Crippen LogP contribution in [-0.2, 0) is 0 Å². The summed E-state index contributed by atoms with van der Waals surface area (Å²) in [5.41, 5.74) is 0. The van der Waals surface area contributed by atoms with Gasteiger partial charge in [-0.15, -0.1) is 11.6 Å². The van der Waals surface area contributed by atoms with Crippen molar-refractivity contribution in [2.24, 2.45) is 17.8 Å². The highest BCUT2D eigenvalue weighted by molar-refractivity contribution is 6.20. The molecule has 2 saturated carbocycles. The van der Waals surface area contributed by atoms with Crippen LogP contribution >= 0.6 is 11.6 Å². The summed E-state index contributed by atoms with van der Waals surface area (Å²) in [6.45, 7) is 2.36. The fourth-order valence-electron chi connectivity index (χ4n) is 3.43. The second kappa shape index (κ2) is 5.73. The van der Waals surface area contributed by atoms with E-state index in [4.69, 9.17) is 11.6 Å². The van der Waals surface area contributed by atoms with Crippen molar-refractivity contribution in [1.29, 1.82) is 0 Å². The van der Waals surface area contributed by atoms with Crippen molar-refractivity contribution in [3.05, 3.63) is 0 Å². The summed E-state index contributed by atoms with van der Waals surface area (Å²) in [7, 11) is 0. The maximum atomic E-state index is 10.0. The molecule has 3 atom stereocenters. The number of hydrogen-bond donors (Lipinski definition) is 1. The summed E-state index contributed by atoms with van der Waals surface area (Å²) in [6, 6.07) is 0. The summed E-state index contributed by atoms with van der Waals surface area (Å²) >= 11 is 6.08. The molecule has 0 radical (unpaired) electrons. The van der Waals surface area contributed by atoms with Gasteiger partial charge in [0.15, 0.2) is 0 Å². The van der Waals surface area contributed by atoms with Crippen molar-refractivity contribution < 1.29 is 5.11 Å². The van der Waals surface area contributed by atoms with Gasteiger partial charge in [0.1, 0.15) is 0 Å². The number of aliphatic hydroxyl groups is 1. The van der Waals surface area contributed by atoms with Crippen molar-refractivity contribution in [3.63, 3.8) is 0 Å². The Balaban J connectivity index is 1.76. The second-order valence-electron chi connectivity index (χ2n) is 6.10. The molecule has 2 rings (SSSR count). The highest BCUT2D eigenvalue weighted by atomic mass is 35.5. The van der Waals surface area contributed by atoms with Gasteiger partial charge in [0.25, 0.3) is 0 Å². The monoisotopic (exact) mass is 244 g/mol. The molecule has 1 N–H and O–H groups in total. The van der Waals surface area contributed by atoms with Crippen LogP contribution in [0.2, 0.25) is 0 Å². The molecule has 94 valence electrons. The van der Waals surface area contributed by atoms with E-state index in [1.165, 1.54) is 32.1 Å². The lowest BCUT2D eigenvalue weighted by Crippen LogP contribution is -2.31. The van der Waals surface area contributed by atoms with E-state index in [0.29, 0.717) is 5.92 Å². The molecule has 2 heteroatoms. The Morgan fingerprint density at radius 2 is 1.75 bits per heavy atom. The number of rotatable bonds is 2. The van der Waals surface area contributed by atoms with Crippen LogP contribution in [0, 0.1) is 17.8 Å². The van der Waals surface area contributed by atoms with E-state index >= 15 is 0 Å². The van der Waals surface area contributed by atoms with Gasteiger partial charge in [0.05, 0.1) is 6.10 Å². The molecule has 0 aliphatic heterocycles. The van der Waals surface area contributed by atoms with Crippen LogP contribution in [0.5, 0.6) is 0 Å². The van der Waals surface area contributed by atoms with Crippen LogP contribution in [-0.4, -0.2) is 16.6 Å². The normalized spacial score (nSPS) is 45.6. The van der Waals surface area contributed by atoms with Gasteiger partial charge in [-0.3, -0.25) is 0 Å². The van der Waals surface area contributed by atoms with E-state index in [0.717, 1.165) is 31.1 Å². The van der Waals surface area contributed by atoms with Crippen LogP contribution in [0.1, 0.15) is 58.3 Å². The lowest BCUT2D eigenvalue weighted by Gasteiger charge is -2.35. The highest BCUT2D eigenvalue weighted by Crippen LogP contribution is 2.37. The molecule has 2 aliphatic carbocycles. The fraction of sp³-hybridized carbons (Fsp3) is 1.00. The van der Waals surface area contributed by atoms with Gasteiger partial charge in [-0.25, -0.2) is 0 Å². The van der Waals surface area contributed by atoms with E-state index in [-0.39, 0.29) is 11.5 Å². The van der Waals surface area contributed by atoms with Crippen LogP contribution in [0.15, 0.2) is 0 Å². The van der Waals surface area contributed by atoms with Crippen LogP contribution in [0.3, 0.4) is 0 Å². The Kier molecular flexibility index (Phi) is 4.55. The number of aliphatic hydroxyl groups excluding tert-OH is 1. The maximum absolute atomic E-state index is 10.0. The third-order valence-electron chi connectivity index (χ3n) is 4.66. The Morgan fingerprint density at radius 1 is 1.06 bits per heavy atom. The molecule has 2 fully saturated rings. The molecule has 2 aliphatic rings. The smallest absolute Gasteiger partial charge is 0.0582 e. The summed E-state index contributed by atoms with van der Waals surface area (Å²) in [5, 5.41) is 10.3. The number of hydrogen-bond acceptors (Lipinski definition) is 1. The van der Waals surface area contributed by atoms with Gasteiger partial charge >= 0.3 is 0 Å². The predicted molar refractivity (Wildman–Crippen MR) is 68.7 cm³/mol. The van der Waals surface area contributed by atoms with Gasteiger partial charge in [-0.2, -0.15) is 0 Å². The Hall–Kier alpha value is 0.250. The fourth-order valence-corrected chi connectivity index (χ4v) is 3.74. The third-order valence-corrected chi connectivity index (χ3v) is 5.06. The average Bonchev–Trinajstić information content (AvgIpc) is 2.25. The minimum Gasteiger partial charge on any atom is -0.393 e. The quantitative estimate of drug-likeness (QED) is 0.729. The van der Waals surface area contributed by atoms with Gasteiger partial charge < -0.3 is 5.11 Å². The lowest BCUT2D eigenvalue weighted by molar-refractivity contribution is 0.0521. The Bertz CT molecular complexity index is 211. The molecular weight excluding hydrogens is 220 g/mol. The topological polar surface area (TPSA) is 20.2 Å². The Labute approximate surface area is 105 Å². The van der Waals surface area contributed by atoms with Crippen molar-refractivity contribution >= 4 is 11.6 Å². The maximum Gasteiger partial charge on any atom is 0.0582 e. The Morgan fingerprint density at radius 3 is 2.38 bits per heavy atom. The van der Waals surface area contributed by atoms with E-state index in [1.807, 2.05) is 0 Å². The van der Waals surface area contributed by atoms with Gasteiger partial charge in [-0.05, 0) is 43.4 Å². The summed E-state index contributed by atoms with van der Waals surface area (Å²) in [6.07, 6.45) is 9.73. The lowest BCUT2D eigenvalue weighted by atomic mass is 9.74. The van der Waals surface area contributed by atoms with E-state index in [2.05, 4.69) is 6.92 Å². The largest absolute Gasteiger partial charge is 0.393 e. The molecule has 0 aromatic rings. The zero-order valence-corrected chi connectivity index (χ0v) is 11.1. The molecule has 0 amide bonds. The SMILES string of the molecule is CC1CCC(CC2CCC(Cl)CC2O)CC1. The zero-order chi connectivity index (χ0) is 11.5. The molecule has 0 bridgehead atoms. The van der Waals surface area contributed by atoms with E-state index in [9.17, 15) is 5.11 Å². The molecular formula is C14H25ClO. The van der Waals surface area contributed by atoms with Gasteiger partial charge in [-0.1, -0.05) is 32.6 Å². The first-order valence-electron chi connectivity index (χ1n) is 6.97. The molecule has 0 aromatic heterocycles. The van der Waals surface area contributed by atoms with E-state index < -0.39 is 0 Å². The van der Waals surface area contributed by atoms with Crippen LogP contribution < -0.4 is 0 Å². The van der Waals surface area contributed by atoms with Crippen molar-refractivity contribution in [3.8, 4) is 0 Å². The first-order valence-corrected chi connectivity index (χ1v) is 7.41. The highest BCUT2D eigenvalue weighted by Gasteiger charge is 2.30. The van der Waals surface area contributed by atoms with Crippen molar-refractivity contribution in [2.45, 2.75) is 69.8 Å². The first-order chi connectivity index (χ1) is 7.65. The number of alkyl halides is 1. The third kappa shape index (κ3) is 3.37. The standard InChI is InChI=1S/C14H25ClO/c1-10-2-4-11(5-3-10)8-12-6-7-13(15)9-14(12)16/h10-14,16H,2-9H2,1H3. The average molecular weight is 245 g/mol. The van der Waals surface area contributed by atoms with E-state index in [1.54, 1.807) is 0 Å². The minimum atomic E-state index is -0.129. The summed E-state index contributed by atoms with van der Waals surface area (Å²) < 4.78 is 0. The van der Waals surface area contributed by atoms with Crippen molar-refractivity contribution in [2.75, 3.05) is 0 Å². The summed E-state index contributed by atoms with van der Waals surface area (Å²) in [4.78, 5) is 0. The van der Waals surface area contributed by atoms with Gasteiger partial charge in [0.2, 0.25) is 0 Å². The molecule has 16 heavy (non-hydrogen) atoms. The molecule has 0 aromatic carbocycles. The molecule has 0 spiro atoms. The summed E-state index contributed by atoms with van der Waals surface area (Å²) in [5.74, 6) is 2.34.